The van der Waals surface area contributed by atoms with Gasteiger partial charge in [-0.1, -0.05) is 29.8 Å². The number of hydrazone groups is 1. The number of hydrogen-bond acceptors (Lipinski definition) is 4. The minimum atomic E-state index is -0.706. The molecule has 1 aliphatic rings. The number of primary amides is 1. The molecule has 2 aromatic carbocycles. The second-order valence-corrected chi connectivity index (χ2v) is 5.75. The van der Waals surface area contributed by atoms with Crippen molar-refractivity contribution in [3.05, 3.63) is 59.6 Å². The summed E-state index contributed by atoms with van der Waals surface area (Å²) in [7, 11) is 0. The quantitative estimate of drug-likeness (QED) is 0.894. The summed E-state index contributed by atoms with van der Waals surface area (Å²) in [6.07, 6.45) is 0.149. The Kier molecular flexibility index (Phi) is 4.48. The number of para-hydroxylation sites is 1. The fourth-order valence-electron chi connectivity index (χ4n) is 2.43. The zero-order chi connectivity index (χ0) is 17.1. The molecule has 1 heterocycles. The predicted octanol–water partition coefficient (Wildman–Crippen LogP) is 2.40. The number of nitrogens with one attached hydrogen (secondary N) is 1. The topological polar surface area (TPSA) is 87.8 Å². The zero-order valence-electron chi connectivity index (χ0n) is 12.6. The molecular formula is C17H15ClN4O2. The monoisotopic (exact) mass is 342 g/mol. The molecule has 6 nitrogen and oxygen atoms in total. The van der Waals surface area contributed by atoms with Gasteiger partial charge >= 0.3 is 0 Å². The number of benzene rings is 2. The minimum Gasteiger partial charge on any atom is -0.368 e. The van der Waals surface area contributed by atoms with Gasteiger partial charge in [0.25, 0.3) is 5.91 Å². The van der Waals surface area contributed by atoms with Gasteiger partial charge in [-0.25, -0.2) is 0 Å². The van der Waals surface area contributed by atoms with Crippen molar-refractivity contribution in [1.29, 1.82) is 0 Å². The molecule has 1 aliphatic heterocycles. The van der Waals surface area contributed by atoms with E-state index in [0.29, 0.717) is 16.4 Å². The van der Waals surface area contributed by atoms with Gasteiger partial charge in [0.15, 0.2) is 0 Å². The summed E-state index contributed by atoms with van der Waals surface area (Å²) in [5.74, 6) is -0.903. The average molecular weight is 343 g/mol. The first-order valence-electron chi connectivity index (χ1n) is 7.32. The summed E-state index contributed by atoms with van der Waals surface area (Å²) in [5, 5.41) is 9.06. The van der Waals surface area contributed by atoms with Gasteiger partial charge in [0, 0.05) is 17.1 Å². The number of anilines is 2. The molecule has 122 valence electrons. The zero-order valence-corrected chi connectivity index (χ0v) is 13.4. The van der Waals surface area contributed by atoms with Crippen molar-refractivity contribution in [2.45, 2.75) is 12.5 Å². The molecule has 0 aromatic heterocycles. The van der Waals surface area contributed by atoms with Gasteiger partial charge in [0.1, 0.15) is 11.8 Å². The Balaban J connectivity index is 1.83. The van der Waals surface area contributed by atoms with E-state index >= 15 is 0 Å². The standard InChI is InChI=1S/C17H15ClN4O2/c18-11-6-8-13(9-7-11)22-15(16(19)23)10-14(21-22)17(24)20-12-4-2-1-3-5-12/h1-9,15H,10H2,(H2,19,23)(H,20,24). The van der Waals surface area contributed by atoms with Crippen molar-refractivity contribution in [2.24, 2.45) is 10.8 Å². The van der Waals surface area contributed by atoms with Crippen LogP contribution < -0.4 is 16.1 Å². The van der Waals surface area contributed by atoms with Gasteiger partial charge in [-0.2, -0.15) is 5.10 Å². The third-order valence-electron chi connectivity index (χ3n) is 3.62. The highest BCUT2D eigenvalue weighted by Gasteiger charge is 2.34. The van der Waals surface area contributed by atoms with Crippen LogP contribution in [-0.4, -0.2) is 23.6 Å². The predicted molar refractivity (Wildman–Crippen MR) is 94.0 cm³/mol. The molecule has 3 N–H and O–H groups in total. The van der Waals surface area contributed by atoms with Crippen LogP contribution in [0, 0.1) is 0 Å². The van der Waals surface area contributed by atoms with Crippen LogP contribution in [0.15, 0.2) is 59.7 Å². The molecule has 0 aliphatic carbocycles. The molecule has 0 saturated carbocycles. The lowest BCUT2D eigenvalue weighted by Gasteiger charge is -2.20. The van der Waals surface area contributed by atoms with Crippen LogP contribution in [0.25, 0.3) is 0 Å². The number of carbonyl (C=O) groups excluding carboxylic acids is 2. The van der Waals surface area contributed by atoms with E-state index in [1.54, 1.807) is 36.4 Å². The van der Waals surface area contributed by atoms with Crippen LogP contribution in [0.1, 0.15) is 6.42 Å². The molecule has 0 fully saturated rings. The van der Waals surface area contributed by atoms with E-state index in [2.05, 4.69) is 10.4 Å². The minimum absolute atomic E-state index is 0.149. The number of hydrogen-bond donors (Lipinski definition) is 2. The van der Waals surface area contributed by atoms with Crippen LogP contribution in [-0.2, 0) is 9.59 Å². The maximum atomic E-state index is 12.4. The van der Waals surface area contributed by atoms with Crippen molar-refractivity contribution in [2.75, 3.05) is 10.3 Å². The number of rotatable bonds is 4. The highest BCUT2D eigenvalue weighted by molar-refractivity contribution is 6.44. The average Bonchev–Trinajstić information content (AvgIpc) is 3.02. The highest BCUT2D eigenvalue weighted by Crippen LogP contribution is 2.26. The van der Waals surface area contributed by atoms with Crippen molar-refractivity contribution in [3.8, 4) is 0 Å². The van der Waals surface area contributed by atoms with Crippen molar-refractivity contribution >= 4 is 40.5 Å². The van der Waals surface area contributed by atoms with Crippen LogP contribution in [0.4, 0.5) is 11.4 Å². The first-order valence-corrected chi connectivity index (χ1v) is 7.70. The Bertz CT molecular complexity index is 790. The summed E-state index contributed by atoms with van der Waals surface area (Å²) in [6.45, 7) is 0. The van der Waals surface area contributed by atoms with Gasteiger partial charge in [-0.05, 0) is 36.4 Å². The first-order chi connectivity index (χ1) is 11.5. The van der Waals surface area contributed by atoms with E-state index in [4.69, 9.17) is 17.3 Å². The molecule has 2 amide bonds. The van der Waals surface area contributed by atoms with Crippen LogP contribution >= 0.6 is 11.6 Å². The number of halogens is 1. The number of amides is 2. The molecule has 0 radical (unpaired) electrons. The van der Waals surface area contributed by atoms with Crippen LogP contribution in [0.2, 0.25) is 5.02 Å². The van der Waals surface area contributed by atoms with E-state index in [9.17, 15) is 9.59 Å². The maximum absolute atomic E-state index is 12.4. The fourth-order valence-corrected chi connectivity index (χ4v) is 2.55. The van der Waals surface area contributed by atoms with Crippen molar-refractivity contribution < 1.29 is 9.59 Å². The van der Waals surface area contributed by atoms with E-state index in [1.165, 1.54) is 5.01 Å². The SMILES string of the molecule is NC(=O)C1CC(C(=O)Nc2ccccc2)=NN1c1ccc(Cl)cc1. The molecule has 2 aromatic rings. The lowest BCUT2D eigenvalue weighted by Crippen LogP contribution is -2.39. The normalized spacial score (nSPS) is 16.6. The molecule has 1 unspecified atom stereocenters. The second kappa shape index (κ2) is 6.72. The van der Waals surface area contributed by atoms with Crippen molar-refractivity contribution in [3.63, 3.8) is 0 Å². The smallest absolute Gasteiger partial charge is 0.271 e. The Morgan fingerprint density at radius 2 is 1.79 bits per heavy atom. The van der Waals surface area contributed by atoms with Gasteiger partial charge < -0.3 is 11.1 Å². The van der Waals surface area contributed by atoms with E-state index in [-0.39, 0.29) is 18.0 Å². The lowest BCUT2D eigenvalue weighted by atomic mass is 10.1. The Morgan fingerprint density at radius 1 is 1.12 bits per heavy atom. The van der Waals surface area contributed by atoms with Gasteiger partial charge in [0.05, 0.1) is 5.69 Å². The van der Waals surface area contributed by atoms with E-state index in [1.807, 2.05) is 18.2 Å². The summed E-state index contributed by atoms with van der Waals surface area (Å²) >= 11 is 5.88. The Labute approximate surface area is 143 Å². The maximum Gasteiger partial charge on any atom is 0.271 e. The van der Waals surface area contributed by atoms with E-state index in [0.717, 1.165) is 0 Å². The highest BCUT2D eigenvalue weighted by atomic mass is 35.5. The fraction of sp³-hybridized carbons (Fsp3) is 0.118. The molecule has 0 bridgehead atoms. The number of nitrogens with two attached hydrogens (primary N) is 1. The number of carbonyl (C=O) groups is 2. The third-order valence-corrected chi connectivity index (χ3v) is 3.88. The van der Waals surface area contributed by atoms with Gasteiger partial charge in [-0.3, -0.25) is 14.6 Å². The Hall–Kier alpha value is -2.86. The molecule has 1 atom stereocenters. The second-order valence-electron chi connectivity index (χ2n) is 5.31. The van der Waals surface area contributed by atoms with Crippen LogP contribution in [0.3, 0.4) is 0 Å². The largest absolute Gasteiger partial charge is 0.368 e. The summed E-state index contributed by atoms with van der Waals surface area (Å²) in [4.78, 5) is 24.1. The van der Waals surface area contributed by atoms with Crippen LogP contribution in [0.5, 0.6) is 0 Å². The molecule has 0 saturated heterocycles. The molecule has 3 rings (SSSR count). The number of nitrogens with zero attached hydrogens (tertiary/aromatic N) is 2. The molecular weight excluding hydrogens is 328 g/mol. The van der Waals surface area contributed by atoms with Gasteiger partial charge in [-0.15, -0.1) is 0 Å². The third kappa shape index (κ3) is 3.38. The summed E-state index contributed by atoms with van der Waals surface area (Å²) < 4.78 is 0. The molecule has 24 heavy (non-hydrogen) atoms. The summed E-state index contributed by atoms with van der Waals surface area (Å²) in [6, 6.07) is 15.2. The Morgan fingerprint density at radius 3 is 2.42 bits per heavy atom. The van der Waals surface area contributed by atoms with Crippen molar-refractivity contribution in [1.82, 2.24) is 0 Å². The summed E-state index contributed by atoms with van der Waals surface area (Å²) in [5.41, 5.74) is 7.01. The lowest BCUT2D eigenvalue weighted by molar-refractivity contribution is -0.119. The molecule has 7 heteroatoms. The first kappa shape index (κ1) is 16.0. The molecule has 0 spiro atoms. The van der Waals surface area contributed by atoms with Gasteiger partial charge in [0.2, 0.25) is 5.91 Å². The van der Waals surface area contributed by atoms with E-state index < -0.39 is 11.9 Å².